The number of rotatable bonds is 5. The van der Waals surface area contributed by atoms with Gasteiger partial charge in [0.2, 0.25) is 0 Å². The van der Waals surface area contributed by atoms with Gasteiger partial charge in [0.15, 0.2) is 11.6 Å². The first kappa shape index (κ1) is 21.9. The van der Waals surface area contributed by atoms with Crippen molar-refractivity contribution in [2.24, 2.45) is 0 Å². The quantitative estimate of drug-likeness (QED) is 0.345. The predicted molar refractivity (Wildman–Crippen MR) is 132 cm³/mol. The summed E-state index contributed by atoms with van der Waals surface area (Å²) in [6.07, 6.45) is 4.06. The first-order chi connectivity index (χ1) is 16.5. The van der Waals surface area contributed by atoms with Crippen molar-refractivity contribution < 1.29 is 13.9 Å². The number of urea groups is 1. The maximum Gasteiger partial charge on any atom is 0.323 e. The van der Waals surface area contributed by atoms with Crippen LogP contribution in [0.2, 0.25) is 5.02 Å². The first-order valence-electron chi connectivity index (χ1n) is 10.9. The molecule has 7 nitrogen and oxygen atoms in total. The number of fused-ring (bicyclic) bond motifs is 1. The fraction of sp³-hybridized carbons (Fsp3) is 0.160. The van der Waals surface area contributed by atoms with Crippen LogP contribution in [0.25, 0.3) is 11.0 Å². The summed E-state index contributed by atoms with van der Waals surface area (Å²) in [6, 6.07) is 15.6. The minimum atomic E-state index is -0.555. The van der Waals surface area contributed by atoms with Crippen molar-refractivity contribution in [3.63, 3.8) is 0 Å². The SMILES string of the molecule is O=C(Nc1ccc(Cl)cc1)Nc1ccc(F)c(Oc2ccc3ncc(N4CCCC4)nc3c2)c1. The number of hydrogen-bond donors (Lipinski definition) is 2. The highest BCUT2D eigenvalue weighted by Crippen LogP contribution is 2.30. The fourth-order valence-electron chi connectivity index (χ4n) is 3.76. The van der Waals surface area contributed by atoms with Crippen LogP contribution in [0.1, 0.15) is 12.8 Å². The summed E-state index contributed by atoms with van der Waals surface area (Å²) in [5.41, 5.74) is 2.34. The lowest BCUT2D eigenvalue weighted by Crippen LogP contribution is -2.19. The lowest BCUT2D eigenvalue weighted by atomic mass is 10.2. The largest absolute Gasteiger partial charge is 0.454 e. The van der Waals surface area contributed by atoms with Crippen molar-refractivity contribution in [2.75, 3.05) is 28.6 Å². The van der Waals surface area contributed by atoms with E-state index in [9.17, 15) is 9.18 Å². The van der Waals surface area contributed by atoms with E-state index in [1.807, 2.05) is 0 Å². The van der Waals surface area contributed by atoms with Crippen molar-refractivity contribution in [2.45, 2.75) is 12.8 Å². The smallest absolute Gasteiger partial charge is 0.323 e. The van der Waals surface area contributed by atoms with E-state index in [4.69, 9.17) is 21.3 Å². The molecule has 1 saturated heterocycles. The number of nitrogens with one attached hydrogen (secondary N) is 2. The van der Waals surface area contributed by atoms with E-state index in [1.54, 1.807) is 48.7 Å². The summed E-state index contributed by atoms with van der Waals surface area (Å²) in [6.45, 7) is 1.93. The molecule has 34 heavy (non-hydrogen) atoms. The third-order valence-electron chi connectivity index (χ3n) is 5.45. The monoisotopic (exact) mass is 477 g/mol. The van der Waals surface area contributed by atoms with Crippen LogP contribution >= 0.6 is 11.6 Å². The summed E-state index contributed by atoms with van der Waals surface area (Å²) in [5.74, 6) is 0.668. The van der Waals surface area contributed by atoms with Gasteiger partial charge in [-0.3, -0.25) is 4.98 Å². The van der Waals surface area contributed by atoms with E-state index in [2.05, 4.69) is 20.5 Å². The Bertz CT molecular complexity index is 1340. The molecule has 5 rings (SSSR count). The van der Waals surface area contributed by atoms with Gasteiger partial charge in [0.1, 0.15) is 11.6 Å². The number of anilines is 3. The predicted octanol–water partition coefficient (Wildman–Crippen LogP) is 6.46. The van der Waals surface area contributed by atoms with E-state index < -0.39 is 11.8 Å². The van der Waals surface area contributed by atoms with E-state index in [0.717, 1.165) is 37.3 Å². The van der Waals surface area contributed by atoms with Crippen LogP contribution in [0, 0.1) is 5.82 Å². The Hall–Kier alpha value is -3.91. The Morgan fingerprint density at radius 2 is 1.68 bits per heavy atom. The van der Waals surface area contributed by atoms with Crippen LogP contribution in [-0.2, 0) is 0 Å². The lowest BCUT2D eigenvalue weighted by molar-refractivity contribution is 0.262. The zero-order chi connectivity index (χ0) is 23.5. The van der Waals surface area contributed by atoms with Gasteiger partial charge in [0.25, 0.3) is 0 Å². The number of carbonyl (C=O) groups excluding carboxylic acids is 1. The Morgan fingerprint density at radius 1 is 0.941 bits per heavy atom. The van der Waals surface area contributed by atoms with Gasteiger partial charge in [0, 0.05) is 41.6 Å². The summed E-state index contributed by atoms with van der Waals surface area (Å²) >= 11 is 5.86. The number of nitrogens with zero attached hydrogens (tertiary/aromatic N) is 3. The molecule has 0 radical (unpaired) electrons. The van der Waals surface area contributed by atoms with Gasteiger partial charge in [-0.2, -0.15) is 0 Å². The normalized spacial score (nSPS) is 13.2. The molecule has 2 heterocycles. The van der Waals surface area contributed by atoms with Crippen molar-refractivity contribution >= 4 is 45.9 Å². The summed E-state index contributed by atoms with van der Waals surface area (Å²) in [5, 5.41) is 5.92. The molecule has 0 atom stereocenters. The number of hydrogen-bond acceptors (Lipinski definition) is 5. The average molecular weight is 478 g/mol. The van der Waals surface area contributed by atoms with Gasteiger partial charge < -0.3 is 20.3 Å². The summed E-state index contributed by atoms with van der Waals surface area (Å²) in [4.78, 5) is 23.7. The van der Waals surface area contributed by atoms with E-state index in [-0.39, 0.29) is 5.75 Å². The number of carbonyl (C=O) groups is 1. The molecule has 1 aliphatic rings. The van der Waals surface area contributed by atoms with Gasteiger partial charge in [-0.1, -0.05) is 11.6 Å². The molecule has 1 fully saturated rings. The van der Waals surface area contributed by atoms with Crippen LogP contribution in [0.5, 0.6) is 11.5 Å². The highest BCUT2D eigenvalue weighted by Gasteiger charge is 2.15. The zero-order valence-electron chi connectivity index (χ0n) is 18.1. The second-order valence-electron chi connectivity index (χ2n) is 7.91. The van der Waals surface area contributed by atoms with Crippen LogP contribution in [0.3, 0.4) is 0 Å². The van der Waals surface area contributed by atoms with Crippen molar-refractivity contribution in [3.05, 3.63) is 77.7 Å². The summed E-state index contributed by atoms with van der Waals surface area (Å²) < 4.78 is 20.3. The number of amides is 2. The molecular formula is C25H21ClFN5O2. The molecule has 0 bridgehead atoms. The molecular weight excluding hydrogens is 457 g/mol. The molecule has 3 aromatic carbocycles. The van der Waals surface area contributed by atoms with Gasteiger partial charge in [0.05, 0.1) is 17.2 Å². The topological polar surface area (TPSA) is 79.4 Å². The molecule has 0 aliphatic carbocycles. The highest BCUT2D eigenvalue weighted by molar-refractivity contribution is 6.30. The van der Waals surface area contributed by atoms with E-state index >= 15 is 0 Å². The molecule has 2 N–H and O–H groups in total. The second kappa shape index (κ2) is 9.52. The maximum absolute atomic E-state index is 14.5. The van der Waals surface area contributed by atoms with Crippen molar-refractivity contribution in [1.82, 2.24) is 9.97 Å². The van der Waals surface area contributed by atoms with Gasteiger partial charge in [-0.25, -0.2) is 14.2 Å². The van der Waals surface area contributed by atoms with Gasteiger partial charge >= 0.3 is 6.03 Å². The van der Waals surface area contributed by atoms with E-state index in [0.29, 0.717) is 27.7 Å². The van der Waals surface area contributed by atoms with Crippen LogP contribution < -0.4 is 20.3 Å². The molecule has 1 aliphatic heterocycles. The highest BCUT2D eigenvalue weighted by atomic mass is 35.5. The van der Waals surface area contributed by atoms with Gasteiger partial charge in [-0.15, -0.1) is 0 Å². The Labute approximate surface area is 200 Å². The number of halogens is 2. The fourth-order valence-corrected chi connectivity index (χ4v) is 3.88. The number of ether oxygens (including phenoxy) is 1. The lowest BCUT2D eigenvalue weighted by Gasteiger charge is -2.16. The molecule has 1 aromatic heterocycles. The molecule has 0 spiro atoms. The molecule has 0 unspecified atom stereocenters. The molecule has 4 aromatic rings. The van der Waals surface area contributed by atoms with E-state index in [1.165, 1.54) is 18.2 Å². The molecule has 2 amide bonds. The maximum atomic E-state index is 14.5. The second-order valence-corrected chi connectivity index (χ2v) is 8.34. The minimum absolute atomic E-state index is 0.0210. The molecule has 172 valence electrons. The summed E-state index contributed by atoms with van der Waals surface area (Å²) in [7, 11) is 0. The number of benzene rings is 3. The third-order valence-corrected chi connectivity index (χ3v) is 5.70. The minimum Gasteiger partial charge on any atom is -0.454 e. The van der Waals surface area contributed by atoms with Crippen LogP contribution in [0.15, 0.2) is 66.9 Å². The zero-order valence-corrected chi connectivity index (χ0v) is 18.8. The Kier molecular flexibility index (Phi) is 6.14. The Morgan fingerprint density at radius 3 is 2.47 bits per heavy atom. The standard InChI is InChI=1S/C25H21ClFN5O2/c26-16-3-5-17(6-4-16)29-25(33)30-18-7-9-20(27)23(13-18)34-19-8-10-21-22(14-19)31-24(15-28-21)32-11-1-2-12-32/h3-10,13-15H,1-2,11-12H2,(H2,29,30,33). The van der Waals surface area contributed by atoms with Gasteiger partial charge in [-0.05, 0) is 61.4 Å². The van der Waals surface area contributed by atoms with Crippen LogP contribution in [0.4, 0.5) is 26.4 Å². The third kappa shape index (κ3) is 5.02. The average Bonchev–Trinajstić information content (AvgIpc) is 3.37. The first-order valence-corrected chi connectivity index (χ1v) is 11.2. The molecule has 0 saturated carbocycles. The van der Waals surface area contributed by atoms with Crippen molar-refractivity contribution in [1.29, 1.82) is 0 Å². The van der Waals surface area contributed by atoms with Crippen LogP contribution in [-0.4, -0.2) is 29.1 Å². The van der Waals surface area contributed by atoms with Crippen molar-refractivity contribution in [3.8, 4) is 11.5 Å². The number of aromatic nitrogens is 2. The molecule has 9 heteroatoms. The Balaban J connectivity index is 1.32.